The number of piperidine rings is 1. The molecule has 0 saturated carbocycles. The van der Waals surface area contributed by atoms with Crippen LogP contribution < -0.4 is 5.73 Å². The summed E-state index contributed by atoms with van der Waals surface area (Å²) in [5.74, 6) is 1.29. The second-order valence-electron chi connectivity index (χ2n) is 6.84. The van der Waals surface area contributed by atoms with Gasteiger partial charge in [-0.2, -0.15) is 0 Å². The molecule has 1 aliphatic heterocycles. The van der Waals surface area contributed by atoms with Gasteiger partial charge in [0.15, 0.2) is 5.69 Å². The van der Waals surface area contributed by atoms with Crippen molar-refractivity contribution < 1.29 is 9.32 Å². The molecule has 1 aliphatic rings. The summed E-state index contributed by atoms with van der Waals surface area (Å²) in [5, 5.41) is 3.94. The van der Waals surface area contributed by atoms with E-state index in [9.17, 15) is 4.79 Å². The Morgan fingerprint density at radius 3 is 2.80 bits per heavy atom. The van der Waals surface area contributed by atoms with Gasteiger partial charge in [-0.1, -0.05) is 32.9 Å². The van der Waals surface area contributed by atoms with Crippen molar-refractivity contribution in [3.05, 3.63) is 17.5 Å². The Bertz CT molecular complexity index is 476. The maximum atomic E-state index is 12.6. The molecule has 1 amide bonds. The standard InChI is InChI=1S/C15H25N3O2/c1-10-5-6-18(11(7-10)9-16)14(19)12-8-13(20-17-12)15(2,3)4/h8,10-11H,5-7,9,16H2,1-4H3. The number of hydrogen-bond donors (Lipinski definition) is 1. The molecule has 0 aliphatic carbocycles. The lowest BCUT2D eigenvalue weighted by Gasteiger charge is -2.37. The quantitative estimate of drug-likeness (QED) is 0.900. The number of carbonyl (C=O) groups is 1. The molecule has 2 N–H and O–H groups in total. The monoisotopic (exact) mass is 279 g/mol. The number of aromatic nitrogens is 1. The summed E-state index contributed by atoms with van der Waals surface area (Å²) in [6.07, 6.45) is 1.98. The summed E-state index contributed by atoms with van der Waals surface area (Å²) in [7, 11) is 0. The molecule has 2 atom stereocenters. The van der Waals surface area contributed by atoms with Gasteiger partial charge in [0.2, 0.25) is 0 Å². The predicted molar refractivity (Wildman–Crippen MR) is 77.5 cm³/mol. The van der Waals surface area contributed by atoms with Gasteiger partial charge in [0.25, 0.3) is 5.91 Å². The maximum absolute atomic E-state index is 12.6. The van der Waals surface area contributed by atoms with Crippen LogP contribution in [0.3, 0.4) is 0 Å². The highest BCUT2D eigenvalue weighted by atomic mass is 16.5. The van der Waals surface area contributed by atoms with E-state index in [0.717, 1.165) is 25.1 Å². The average molecular weight is 279 g/mol. The third kappa shape index (κ3) is 3.03. The van der Waals surface area contributed by atoms with Gasteiger partial charge in [-0.05, 0) is 18.8 Å². The molecule has 0 bridgehead atoms. The van der Waals surface area contributed by atoms with E-state index < -0.39 is 0 Å². The minimum Gasteiger partial charge on any atom is -0.360 e. The van der Waals surface area contributed by atoms with Crippen molar-refractivity contribution in [3.8, 4) is 0 Å². The van der Waals surface area contributed by atoms with E-state index in [2.05, 4.69) is 12.1 Å². The number of nitrogens with two attached hydrogens (primary N) is 1. The molecule has 20 heavy (non-hydrogen) atoms. The molecule has 5 heteroatoms. The van der Waals surface area contributed by atoms with Crippen molar-refractivity contribution in [3.63, 3.8) is 0 Å². The Morgan fingerprint density at radius 2 is 2.25 bits per heavy atom. The molecule has 1 aromatic rings. The van der Waals surface area contributed by atoms with Crippen molar-refractivity contribution in [2.45, 2.75) is 52.0 Å². The zero-order chi connectivity index (χ0) is 14.9. The molecular weight excluding hydrogens is 254 g/mol. The first-order valence-electron chi connectivity index (χ1n) is 7.31. The molecule has 5 nitrogen and oxygen atoms in total. The van der Waals surface area contributed by atoms with E-state index in [1.807, 2.05) is 25.7 Å². The minimum absolute atomic E-state index is 0.0633. The van der Waals surface area contributed by atoms with Gasteiger partial charge in [-0.25, -0.2) is 0 Å². The van der Waals surface area contributed by atoms with Crippen molar-refractivity contribution in [1.82, 2.24) is 10.1 Å². The molecule has 1 fully saturated rings. The Hall–Kier alpha value is -1.36. The van der Waals surface area contributed by atoms with Crippen LogP contribution in [0, 0.1) is 5.92 Å². The molecule has 0 spiro atoms. The van der Waals surface area contributed by atoms with Crippen LogP contribution in [0.5, 0.6) is 0 Å². The van der Waals surface area contributed by atoms with Crippen LogP contribution in [0.2, 0.25) is 0 Å². The van der Waals surface area contributed by atoms with Crippen LogP contribution in [-0.4, -0.2) is 35.1 Å². The third-order valence-electron chi connectivity index (χ3n) is 3.98. The largest absolute Gasteiger partial charge is 0.360 e. The molecule has 1 aromatic heterocycles. The number of amides is 1. The highest BCUT2D eigenvalue weighted by Gasteiger charge is 2.32. The van der Waals surface area contributed by atoms with Gasteiger partial charge in [0.05, 0.1) is 0 Å². The zero-order valence-electron chi connectivity index (χ0n) is 12.8. The first-order valence-corrected chi connectivity index (χ1v) is 7.31. The van der Waals surface area contributed by atoms with E-state index in [4.69, 9.17) is 10.3 Å². The summed E-state index contributed by atoms with van der Waals surface area (Å²) in [4.78, 5) is 14.4. The summed E-state index contributed by atoms with van der Waals surface area (Å²) in [6.45, 7) is 9.56. The Morgan fingerprint density at radius 1 is 1.55 bits per heavy atom. The lowest BCUT2D eigenvalue weighted by molar-refractivity contribution is 0.0563. The molecular formula is C15H25N3O2. The summed E-state index contributed by atoms with van der Waals surface area (Å²) < 4.78 is 5.30. The molecule has 0 radical (unpaired) electrons. The Labute approximate surface area is 120 Å². The smallest absolute Gasteiger partial charge is 0.276 e. The first kappa shape index (κ1) is 15.0. The normalized spacial score (nSPS) is 23.9. The number of carbonyl (C=O) groups excluding carboxylic acids is 1. The van der Waals surface area contributed by atoms with Crippen LogP contribution in [0.1, 0.15) is 56.8 Å². The topological polar surface area (TPSA) is 72.4 Å². The van der Waals surface area contributed by atoms with E-state index in [1.165, 1.54) is 0 Å². The van der Waals surface area contributed by atoms with Crippen LogP contribution in [0.25, 0.3) is 0 Å². The number of hydrogen-bond acceptors (Lipinski definition) is 4. The van der Waals surface area contributed by atoms with Gasteiger partial charge in [0.1, 0.15) is 5.76 Å². The average Bonchev–Trinajstić information content (AvgIpc) is 2.87. The lowest BCUT2D eigenvalue weighted by Crippen LogP contribution is -2.49. The molecule has 1 saturated heterocycles. The molecule has 0 aromatic carbocycles. The Balaban J connectivity index is 2.16. The second kappa shape index (κ2) is 5.56. The van der Waals surface area contributed by atoms with Gasteiger partial charge in [0, 0.05) is 30.6 Å². The molecule has 2 rings (SSSR count). The maximum Gasteiger partial charge on any atom is 0.276 e. The van der Waals surface area contributed by atoms with Crippen molar-refractivity contribution in [2.24, 2.45) is 11.7 Å². The van der Waals surface area contributed by atoms with Crippen molar-refractivity contribution >= 4 is 5.91 Å². The SMILES string of the molecule is CC1CCN(C(=O)c2cc(C(C)(C)C)on2)C(CN)C1. The van der Waals surface area contributed by atoms with Crippen molar-refractivity contribution in [1.29, 1.82) is 0 Å². The van der Waals surface area contributed by atoms with Crippen LogP contribution in [0.15, 0.2) is 10.6 Å². The molecule has 2 unspecified atom stereocenters. The second-order valence-corrected chi connectivity index (χ2v) is 6.84. The molecule has 2 heterocycles. The molecule has 112 valence electrons. The van der Waals surface area contributed by atoms with Crippen LogP contribution in [-0.2, 0) is 5.41 Å². The van der Waals surface area contributed by atoms with Gasteiger partial charge in [-0.3, -0.25) is 4.79 Å². The summed E-state index contributed by atoms with van der Waals surface area (Å²) in [5.41, 5.74) is 6.06. The van der Waals surface area contributed by atoms with Gasteiger partial charge in [-0.15, -0.1) is 0 Å². The van der Waals surface area contributed by atoms with Crippen LogP contribution in [0.4, 0.5) is 0 Å². The number of rotatable bonds is 2. The first-order chi connectivity index (χ1) is 9.32. The van der Waals surface area contributed by atoms with Gasteiger partial charge < -0.3 is 15.2 Å². The fourth-order valence-corrected chi connectivity index (χ4v) is 2.62. The van der Waals surface area contributed by atoms with Gasteiger partial charge >= 0.3 is 0 Å². The van der Waals surface area contributed by atoms with Crippen LogP contribution >= 0.6 is 0 Å². The van der Waals surface area contributed by atoms with Crippen molar-refractivity contribution in [2.75, 3.05) is 13.1 Å². The summed E-state index contributed by atoms with van der Waals surface area (Å²) >= 11 is 0. The lowest BCUT2D eigenvalue weighted by atomic mass is 9.91. The Kier molecular flexibility index (Phi) is 4.18. The zero-order valence-corrected chi connectivity index (χ0v) is 12.8. The predicted octanol–water partition coefficient (Wildman–Crippen LogP) is 2.17. The number of nitrogens with zero attached hydrogens (tertiary/aromatic N) is 2. The van der Waals surface area contributed by atoms with E-state index in [-0.39, 0.29) is 17.4 Å². The van der Waals surface area contributed by atoms with E-state index in [0.29, 0.717) is 18.2 Å². The number of likely N-dealkylation sites (tertiary alicyclic amines) is 1. The van der Waals surface area contributed by atoms with E-state index >= 15 is 0 Å². The highest BCUT2D eigenvalue weighted by molar-refractivity contribution is 5.92. The van der Waals surface area contributed by atoms with E-state index in [1.54, 1.807) is 6.07 Å². The fourth-order valence-electron chi connectivity index (χ4n) is 2.62. The minimum atomic E-state index is -0.144. The fraction of sp³-hybridized carbons (Fsp3) is 0.733. The highest BCUT2D eigenvalue weighted by Crippen LogP contribution is 2.26. The third-order valence-corrected chi connectivity index (χ3v) is 3.98. The summed E-state index contributed by atoms with van der Waals surface area (Å²) in [6, 6.07) is 1.87.